The zero-order valence-corrected chi connectivity index (χ0v) is 11.4. The van der Waals surface area contributed by atoms with Gasteiger partial charge in [-0.1, -0.05) is 11.8 Å². The van der Waals surface area contributed by atoms with E-state index < -0.39 is 11.2 Å². The Bertz CT molecular complexity index is 704. The highest BCUT2D eigenvalue weighted by Gasteiger charge is 2.09. The van der Waals surface area contributed by atoms with Gasteiger partial charge < -0.3 is 5.32 Å². The fourth-order valence-corrected chi connectivity index (χ4v) is 2.47. The summed E-state index contributed by atoms with van der Waals surface area (Å²) in [4.78, 5) is 39.8. The van der Waals surface area contributed by atoms with Crippen molar-refractivity contribution in [1.29, 1.82) is 0 Å². The smallest absolute Gasteiger partial charge is 0.301 e. The van der Waals surface area contributed by atoms with Crippen LogP contribution in [0.4, 0.5) is 5.13 Å². The van der Waals surface area contributed by atoms with E-state index in [1.54, 1.807) is 0 Å². The molecule has 0 bridgehead atoms. The topological polar surface area (TPSA) is 121 Å². The van der Waals surface area contributed by atoms with Gasteiger partial charge in [0.2, 0.25) is 5.91 Å². The van der Waals surface area contributed by atoms with Crippen molar-refractivity contribution in [2.75, 3.05) is 11.1 Å². The Labute approximate surface area is 114 Å². The Balaban J connectivity index is 1.93. The number of carbonyl (C=O) groups excluding carboxylic acids is 1. The molecule has 1 amide bonds. The maximum atomic E-state index is 11.6. The third-order valence-electron chi connectivity index (χ3n) is 1.89. The molecule has 0 radical (unpaired) electrons. The molecule has 0 fully saturated rings. The number of aromatic nitrogens is 4. The van der Waals surface area contributed by atoms with Crippen LogP contribution in [0.5, 0.6) is 0 Å². The second-order valence-corrected chi connectivity index (χ2v) is 5.27. The highest BCUT2D eigenvalue weighted by Crippen LogP contribution is 2.15. The van der Waals surface area contributed by atoms with Crippen LogP contribution < -0.4 is 16.6 Å². The molecule has 10 heteroatoms. The van der Waals surface area contributed by atoms with E-state index in [0.717, 1.165) is 17.5 Å². The first-order chi connectivity index (χ1) is 9.04. The Morgan fingerprint density at radius 1 is 1.53 bits per heavy atom. The number of hydrogen-bond donors (Lipinski definition) is 3. The second kappa shape index (κ2) is 5.80. The third-order valence-corrected chi connectivity index (χ3v) is 3.72. The lowest BCUT2D eigenvalue weighted by atomic mass is 10.6. The molecule has 19 heavy (non-hydrogen) atoms. The minimum Gasteiger partial charge on any atom is -0.301 e. The first-order valence-electron chi connectivity index (χ1n) is 5.08. The maximum absolute atomic E-state index is 11.6. The number of thioether (sulfide) groups is 1. The average molecular weight is 299 g/mol. The van der Waals surface area contributed by atoms with Gasteiger partial charge in [-0.15, -0.1) is 11.3 Å². The van der Waals surface area contributed by atoms with E-state index in [1.807, 2.05) is 17.3 Å². The summed E-state index contributed by atoms with van der Waals surface area (Å²) in [6.07, 6.45) is 0. The van der Waals surface area contributed by atoms with Crippen LogP contribution in [-0.2, 0) is 4.79 Å². The predicted octanol–water partition coefficient (Wildman–Crippen LogP) is -0.0461. The van der Waals surface area contributed by atoms with Crippen molar-refractivity contribution < 1.29 is 4.79 Å². The molecule has 0 aliphatic carbocycles. The Kier molecular flexibility index (Phi) is 4.12. The average Bonchev–Trinajstić information content (AvgIpc) is 2.73. The number of nitrogens with one attached hydrogen (secondary N) is 3. The van der Waals surface area contributed by atoms with Crippen molar-refractivity contribution in [2.24, 2.45) is 0 Å². The fourth-order valence-electron chi connectivity index (χ4n) is 1.14. The summed E-state index contributed by atoms with van der Waals surface area (Å²) in [5.74, 6) is -0.299. The molecule has 2 aromatic rings. The van der Waals surface area contributed by atoms with Crippen molar-refractivity contribution in [3.8, 4) is 0 Å². The molecule has 0 aromatic carbocycles. The number of H-pyrrole nitrogens is 2. The summed E-state index contributed by atoms with van der Waals surface area (Å²) in [5, 5.41) is 10.6. The molecule has 0 saturated carbocycles. The van der Waals surface area contributed by atoms with E-state index in [9.17, 15) is 14.4 Å². The van der Waals surface area contributed by atoms with E-state index in [1.165, 1.54) is 11.3 Å². The summed E-state index contributed by atoms with van der Waals surface area (Å²) in [6.45, 7) is 1.82. The van der Waals surface area contributed by atoms with Crippen LogP contribution in [-0.4, -0.2) is 31.8 Å². The molecule has 0 saturated heterocycles. The second-order valence-electron chi connectivity index (χ2n) is 3.44. The number of thiazole rings is 1. The zero-order valence-electron chi connectivity index (χ0n) is 9.72. The van der Waals surface area contributed by atoms with Gasteiger partial charge in [0.05, 0.1) is 11.4 Å². The number of aryl methyl sites for hydroxylation is 1. The fraction of sp³-hybridized carbons (Fsp3) is 0.222. The van der Waals surface area contributed by atoms with Crippen molar-refractivity contribution in [1.82, 2.24) is 20.2 Å². The molecule has 2 rings (SSSR count). The Morgan fingerprint density at radius 2 is 2.32 bits per heavy atom. The molecular weight excluding hydrogens is 290 g/mol. The summed E-state index contributed by atoms with van der Waals surface area (Å²) in [7, 11) is 0. The number of carbonyl (C=O) groups is 1. The van der Waals surface area contributed by atoms with Gasteiger partial charge in [0.25, 0.3) is 5.56 Å². The van der Waals surface area contributed by atoms with Crippen LogP contribution in [0.1, 0.15) is 5.69 Å². The largest absolute Gasteiger partial charge is 0.342 e. The van der Waals surface area contributed by atoms with Crippen LogP contribution in [0.2, 0.25) is 0 Å². The summed E-state index contributed by atoms with van der Waals surface area (Å²) >= 11 is 2.25. The van der Waals surface area contributed by atoms with Crippen molar-refractivity contribution >= 4 is 34.1 Å². The SMILES string of the molecule is Cc1csc(NC(=O)CSc2n[nH]c(=O)[nH]c2=O)n1. The summed E-state index contributed by atoms with van der Waals surface area (Å²) in [5.41, 5.74) is -0.476. The number of nitrogens with zero attached hydrogens (tertiary/aromatic N) is 2. The quantitative estimate of drug-likeness (QED) is 0.681. The number of aromatic amines is 2. The molecule has 100 valence electrons. The van der Waals surface area contributed by atoms with E-state index in [2.05, 4.69) is 20.5 Å². The normalized spacial score (nSPS) is 10.4. The van der Waals surface area contributed by atoms with E-state index in [4.69, 9.17) is 0 Å². The first-order valence-corrected chi connectivity index (χ1v) is 6.95. The van der Waals surface area contributed by atoms with Gasteiger partial charge in [-0.05, 0) is 6.92 Å². The Morgan fingerprint density at radius 3 is 2.95 bits per heavy atom. The van der Waals surface area contributed by atoms with Crippen LogP contribution >= 0.6 is 23.1 Å². The van der Waals surface area contributed by atoms with Gasteiger partial charge in [-0.2, -0.15) is 5.10 Å². The number of amides is 1. The monoisotopic (exact) mass is 299 g/mol. The minimum atomic E-state index is -0.683. The molecule has 3 N–H and O–H groups in total. The summed E-state index contributed by atoms with van der Waals surface area (Å²) < 4.78 is 0. The highest BCUT2D eigenvalue weighted by molar-refractivity contribution is 7.99. The lowest BCUT2D eigenvalue weighted by Crippen LogP contribution is -2.25. The standard InChI is InChI=1S/C9H9N5O3S2/c1-4-2-19-9(10-4)11-5(15)3-18-7-6(16)12-8(17)14-13-7/h2H,3H2,1H3,(H,10,11,15)(H2,12,14,16,17). The molecule has 0 aliphatic heterocycles. The molecule has 0 spiro atoms. The van der Waals surface area contributed by atoms with Crippen molar-refractivity contribution in [3.63, 3.8) is 0 Å². The first kappa shape index (κ1) is 13.5. The van der Waals surface area contributed by atoms with E-state index >= 15 is 0 Å². The molecule has 2 aromatic heterocycles. The third kappa shape index (κ3) is 3.76. The van der Waals surface area contributed by atoms with Crippen LogP contribution in [0.15, 0.2) is 20.0 Å². The zero-order chi connectivity index (χ0) is 13.8. The van der Waals surface area contributed by atoms with Crippen LogP contribution in [0.25, 0.3) is 0 Å². The molecule has 0 aliphatic rings. The minimum absolute atomic E-state index is 0.000745. The van der Waals surface area contributed by atoms with Gasteiger partial charge in [0.15, 0.2) is 10.2 Å². The van der Waals surface area contributed by atoms with Crippen molar-refractivity contribution in [3.05, 3.63) is 31.9 Å². The molecule has 2 heterocycles. The lowest BCUT2D eigenvalue weighted by Gasteiger charge is -2.00. The highest BCUT2D eigenvalue weighted by atomic mass is 32.2. The van der Waals surface area contributed by atoms with Gasteiger partial charge in [0.1, 0.15) is 0 Å². The molecule has 0 unspecified atom stereocenters. The van der Waals surface area contributed by atoms with Gasteiger partial charge >= 0.3 is 5.69 Å². The molecule has 0 atom stereocenters. The van der Waals surface area contributed by atoms with Gasteiger partial charge in [-0.3, -0.25) is 14.6 Å². The molecular formula is C9H9N5O3S2. The lowest BCUT2D eigenvalue weighted by molar-refractivity contribution is -0.113. The van der Waals surface area contributed by atoms with Gasteiger partial charge in [-0.25, -0.2) is 14.9 Å². The number of hydrogen-bond acceptors (Lipinski definition) is 7. The summed E-state index contributed by atoms with van der Waals surface area (Å²) in [6, 6.07) is 0. The van der Waals surface area contributed by atoms with Gasteiger partial charge in [0, 0.05) is 5.38 Å². The predicted molar refractivity (Wildman–Crippen MR) is 71.7 cm³/mol. The Hall–Kier alpha value is -1.94. The van der Waals surface area contributed by atoms with E-state index in [-0.39, 0.29) is 16.7 Å². The van der Waals surface area contributed by atoms with Crippen molar-refractivity contribution in [2.45, 2.75) is 11.9 Å². The van der Waals surface area contributed by atoms with E-state index in [0.29, 0.717) is 5.13 Å². The number of rotatable bonds is 4. The molecule has 8 nitrogen and oxygen atoms in total. The van der Waals surface area contributed by atoms with Crippen LogP contribution in [0, 0.1) is 6.92 Å². The maximum Gasteiger partial charge on any atom is 0.342 e. The number of anilines is 1. The van der Waals surface area contributed by atoms with Crippen LogP contribution in [0.3, 0.4) is 0 Å².